The first-order chi connectivity index (χ1) is 15.1. The number of hydrogen-bond donors (Lipinski definition) is 0. The maximum atomic E-state index is 13.6. The summed E-state index contributed by atoms with van der Waals surface area (Å²) in [6.45, 7) is 0. The van der Waals surface area contributed by atoms with Crippen molar-refractivity contribution in [2.45, 2.75) is 12.1 Å². The molecule has 2 fully saturated rings. The van der Waals surface area contributed by atoms with Crippen LogP contribution in [0.25, 0.3) is 0 Å². The van der Waals surface area contributed by atoms with E-state index in [0.717, 1.165) is 15.7 Å². The third-order valence-corrected chi connectivity index (χ3v) is 6.20. The van der Waals surface area contributed by atoms with Gasteiger partial charge in [0, 0.05) is 10.0 Å². The van der Waals surface area contributed by atoms with Gasteiger partial charge in [-0.2, -0.15) is 0 Å². The smallest absolute Gasteiger partial charge is 0.266 e. The van der Waals surface area contributed by atoms with Crippen molar-refractivity contribution in [3.05, 3.63) is 88.9 Å². The number of methoxy groups -OCH3 is 1. The highest BCUT2D eigenvalue weighted by Gasteiger charge is 2.60. The number of rotatable bonds is 4. The molecule has 3 atom stereocenters. The van der Waals surface area contributed by atoms with Crippen LogP contribution in [0.4, 0.5) is 11.4 Å². The number of ether oxygens (including phenoxy) is 1. The van der Waals surface area contributed by atoms with Gasteiger partial charge in [0.2, 0.25) is 5.91 Å². The number of benzene rings is 3. The number of imide groups is 1. The number of amides is 2. The molecule has 6 nitrogen and oxygen atoms in total. The molecule has 5 rings (SSSR count). The highest BCUT2D eigenvalue weighted by molar-refractivity contribution is 9.10. The molecule has 0 aromatic heterocycles. The monoisotopic (exact) mass is 478 g/mol. The summed E-state index contributed by atoms with van der Waals surface area (Å²) in [6, 6.07) is 23.6. The van der Waals surface area contributed by atoms with Crippen LogP contribution in [0, 0.1) is 5.92 Å². The number of nitrogens with zero attached hydrogens (tertiary/aromatic N) is 2. The van der Waals surface area contributed by atoms with Crippen molar-refractivity contribution in [2.24, 2.45) is 5.92 Å². The molecule has 2 saturated heterocycles. The van der Waals surface area contributed by atoms with E-state index in [-0.39, 0.29) is 11.8 Å². The number of anilines is 2. The van der Waals surface area contributed by atoms with Crippen molar-refractivity contribution in [1.82, 2.24) is 0 Å². The van der Waals surface area contributed by atoms with E-state index >= 15 is 0 Å². The molecular weight excluding hydrogens is 460 g/mol. The van der Waals surface area contributed by atoms with E-state index in [2.05, 4.69) is 15.9 Å². The Balaban J connectivity index is 1.61. The first kappa shape index (κ1) is 19.8. The number of carbonyl (C=O) groups excluding carboxylic acids is 2. The number of halogens is 1. The van der Waals surface area contributed by atoms with Gasteiger partial charge >= 0.3 is 0 Å². The van der Waals surface area contributed by atoms with Gasteiger partial charge in [-0.25, -0.2) is 9.96 Å². The zero-order valence-corrected chi connectivity index (χ0v) is 18.2. The molecule has 0 N–H and O–H groups in total. The van der Waals surface area contributed by atoms with E-state index in [0.29, 0.717) is 11.4 Å². The summed E-state index contributed by atoms with van der Waals surface area (Å²) in [7, 11) is 1.59. The average Bonchev–Trinajstić information content (AvgIpc) is 3.31. The van der Waals surface area contributed by atoms with E-state index in [1.54, 1.807) is 36.4 Å². The molecule has 0 unspecified atom stereocenters. The minimum absolute atomic E-state index is 0.286. The highest BCUT2D eigenvalue weighted by Crippen LogP contribution is 2.49. The van der Waals surface area contributed by atoms with Crippen molar-refractivity contribution in [2.75, 3.05) is 17.1 Å². The van der Waals surface area contributed by atoms with E-state index in [9.17, 15) is 9.59 Å². The fourth-order valence-electron chi connectivity index (χ4n) is 4.28. The van der Waals surface area contributed by atoms with E-state index in [1.807, 2.05) is 54.6 Å². The maximum Gasteiger partial charge on any atom is 0.266 e. The Kier molecular flexibility index (Phi) is 5.00. The summed E-state index contributed by atoms with van der Waals surface area (Å²) >= 11 is 3.39. The van der Waals surface area contributed by atoms with E-state index in [4.69, 9.17) is 9.57 Å². The molecule has 0 saturated carbocycles. The molecule has 3 aromatic rings. The molecule has 3 aromatic carbocycles. The van der Waals surface area contributed by atoms with Crippen molar-refractivity contribution >= 4 is 39.1 Å². The van der Waals surface area contributed by atoms with E-state index in [1.165, 1.54) is 4.90 Å². The van der Waals surface area contributed by atoms with Crippen LogP contribution in [0.2, 0.25) is 0 Å². The summed E-state index contributed by atoms with van der Waals surface area (Å²) in [6.07, 6.45) is -0.911. The molecule has 0 aliphatic carbocycles. The SMILES string of the molecule is COc1ccccc1[C@@H]1[C@H]2C(=O)N(c3ccc(Br)cc3)C(=O)[C@@H]2ON1c1ccccc1. The van der Waals surface area contributed by atoms with Gasteiger partial charge < -0.3 is 4.74 Å². The standard InChI is InChI=1S/C24H19BrN2O4/c1-30-19-10-6-5-9-18(19)21-20-22(31-27(21)17-7-3-2-4-8-17)24(29)26(23(20)28)16-13-11-15(25)12-14-16/h2-14,20-22H,1H3/t20-,21-,22-/m1/s1. The van der Waals surface area contributed by atoms with Crippen LogP contribution in [0.1, 0.15) is 11.6 Å². The fraction of sp³-hybridized carbons (Fsp3) is 0.167. The highest BCUT2D eigenvalue weighted by atomic mass is 79.9. The van der Waals surface area contributed by atoms with Gasteiger partial charge in [-0.15, -0.1) is 0 Å². The zero-order chi connectivity index (χ0) is 21.5. The molecule has 2 heterocycles. The van der Waals surface area contributed by atoms with Crippen molar-refractivity contribution in [3.8, 4) is 5.75 Å². The van der Waals surface area contributed by atoms with Gasteiger partial charge in [-0.05, 0) is 42.5 Å². The van der Waals surface area contributed by atoms with Crippen LogP contribution in [0.15, 0.2) is 83.3 Å². The lowest BCUT2D eigenvalue weighted by molar-refractivity contribution is -0.126. The second kappa shape index (κ2) is 7.83. The molecule has 156 valence electrons. The van der Waals surface area contributed by atoms with Crippen LogP contribution in [0.5, 0.6) is 5.75 Å². The van der Waals surface area contributed by atoms with Crippen LogP contribution in [-0.2, 0) is 14.4 Å². The third-order valence-electron chi connectivity index (χ3n) is 5.67. The summed E-state index contributed by atoms with van der Waals surface area (Å²) < 4.78 is 6.45. The molecule has 0 spiro atoms. The fourth-order valence-corrected chi connectivity index (χ4v) is 4.55. The minimum atomic E-state index is -0.911. The van der Waals surface area contributed by atoms with Crippen molar-refractivity contribution in [3.63, 3.8) is 0 Å². The first-order valence-corrected chi connectivity index (χ1v) is 10.7. The van der Waals surface area contributed by atoms with Gasteiger partial charge in [0.1, 0.15) is 11.7 Å². The lowest BCUT2D eigenvalue weighted by atomic mass is 9.90. The molecule has 2 aliphatic rings. The molecule has 0 radical (unpaired) electrons. The van der Waals surface area contributed by atoms with Gasteiger partial charge in [0.25, 0.3) is 5.91 Å². The Hall–Kier alpha value is -3.16. The quantitative estimate of drug-likeness (QED) is 0.516. The topological polar surface area (TPSA) is 59.1 Å². The zero-order valence-electron chi connectivity index (χ0n) is 16.6. The predicted molar refractivity (Wildman–Crippen MR) is 120 cm³/mol. The lowest BCUT2D eigenvalue weighted by Gasteiger charge is -2.29. The molecule has 2 amide bonds. The number of fused-ring (bicyclic) bond motifs is 1. The van der Waals surface area contributed by atoms with E-state index < -0.39 is 18.1 Å². The molecule has 2 aliphatic heterocycles. The second-order valence-electron chi connectivity index (χ2n) is 7.39. The van der Waals surface area contributed by atoms with Crippen LogP contribution >= 0.6 is 15.9 Å². The Labute approximate surface area is 188 Å². The van der Waals surface area contributed by atoms with Gasteiger partial charge in [0.15, 0.2) is 6.10 Å². The summed E-state index contributed by atoms with van der Waals surface area (Å²) in [5.41, 5.74) is 2.09. The normalized spacial score (nSPS) is 22.7. The molecule has 31 heavy (non-hydrogen) atoms. The second-order valence-corrected chi connectivity index (χ2v) is 8.30. The van der Waals surface area contributed by atoms with Crippen molar-refractivity contribution < 1.29 is 19.2 Å². The number of hydroxylamine groups is 1. The number of para-hydroxylation sites is 2. The van der Waals surface area contributed by atoms with Crippen LogP contribution in [-0.4, -0.2) is 25.0 Å². The van der Waals surface area contributed by atoms with Gasteiger partial charge in [-0.1, -0.05) is 52.3 Å². The predicted octanol–water partition coefficient (Wildman–Crippen LogP) is 4.51. The Bertz CT molecular complexity index is 1140. The summed E-state index contributed by atoms with van der Waals surface area (Å²) in [4.78, 5) is 34.3. The third kappa shape index (κ3) is 3.21. The first-order valence-electron chi connectivity index (χ1n) is 9.87. The van der Waals surface area contributed by atoms with Gasteiger partial charge in [-0.3, -0.25) is 14.4 Å². The largest absolute Gasteiger partial charge is 0.496 e. The molecular formula is C24H19BrN2O4. The van der Waals surface area contributed by atoms with Crippen LogP contribution < -0.4 is 14.7 Å². The summed E-state index contributed by atoms with van der Waals surface area (Å²) in [5.74, 6) is -0.713. The van der Waals surface area contributed by atoms with Crippen LogP contribution in [0.3, 0.4) is 0 Å². The Morgan fingerprint density at radius 2 is 1.52 bits per heavy atom. The maximum absolute atomic E-state index is 13.6. The average molecular weight is 479 g/mol. The number of hydrogen-bond acceptors (Lipinski definition) is 5. The minimum Gasteiger partial charge on any atom is -0.496 e. The molecule has 7 heteroatoms. The molecule has 0 bridgehead atoms. The number of carbonyl (C=O) groups is 2. The lowest BCUT2D eigenvalue weighted by Crippen LogP contribution is -2.37. The summed E-state index contributed by atoms with van der Waals surface area (Å²) in [5, 5.41) is 1.67. The van der Waals surface area contributed by atoms with Crippen molar-refractivity contribution in [1.29, 1.82) is 0 Å². The van der Waals surface area contributed by atoms with Gasteiger partial charge in [0.05, 0.1) is 24.5 Å². The Morgan fingerprint density at radius 1 is 0.839 bits per heavy atom. The Morgan fingerprint density at radius 3 is 2.23 bits per heavy atom.